The summed E-state index contributed by atoms with van der Waals surface area (Å²) in [4.78, 5) is 27.1. The van der Waals surface area contributed by atoms with Gasteiger partial charge in [-0.2, -0.15) is 4.98 Å². The topological polar surface area (TPSA) is 109 Å². The highest BCUT2D eigenvalue weighted by Crippen LogP contribution is 2.24. The van der Waals surface area contributed by atoms with E-state index in [0.717, 1.165) is 27.7 Å². The van der Waals surface area contributed by atoms with Crippen LogP contribution in [0.25, 0.3) is 21.9 Å². The highest BCUT2D eigenvalue weighted by atomic mass is 16.4. The minimum atomic E-state index is -0.479. The minimum absolute atomic E-state index is 0.476. The Kier molecular flexibility index (Phi) is 3.94. The molecule has 0 aliphatic carbocycles. The number of aromatic nitrogens is 4. The maximum Gasteiger partial charge on any atom is 0.417 e. The fourth-order valence-corrected chi connectivity index (χ4v) is 3.09. The molecule has 29 heavy (non-hydrogen) atoms. The van der Waals surface area contributed by atoms with Crippen LogP contribution in [0.1, 0.15) is 5.56 Å². The van der Waals surface area contributed by atoms with Crippen LogP contribution in [0.15, 0.2) is 70.3 Å². The number of benzene rings is 2. The van der Waals surface area contributed by atoms with Gasteiger partial charge in [0, 0.05) is 40.9 Å². The van der Waals surface area contributed by atoms with Crippen LogP contribution in [0, 0.1) is 6.92 Å². The normalized spacial score (nSPS) is 11.1. The fourth-order valence-electron chi connectivity index (χ4n) is 3.09. The maximum atomic E-state index is 11.3. The van der Waals surface area contributed by atoms with Gasteiger partial charge in [-0.3, -0.25) is 9.97 Å². The summed E-state index contributed by atoms with van der Waals surface area (Å²) in [5, 5.41) is 8.65. The number of anilines is 4. The first-order valence-electron chi connectivity index (χ1n) is 8.98. The van der Waals surface area contributed by atoms with E-state index < -0.39 is 5.76 Å². The Hall–Kier alpha value is -4.20. The third-order valence-corrected chi connectivity index (χ3v) is 4.55. The predicted octanol–water partition coefficient (Wildman–Crippen LogP) is 4.25. The zero-order valence-electron chi connectivity index (χ0n) is 15.4. The van der Waals surface area contributed by atoms with Gasteiger partial charge in [0.2, 0.25) is 5.95 Å². The molecule has 0 spiro atoms. The van der Waals surface area contributed by atoms with E-state index in [1.165, 1.54) is 0 Å². The summed E-state index contributed by atoms with van der Waals surface area (Å²) in [5.41, 5.74) is 3.68. The number of pyridine rings is 1. The first-order valence-corrected chi connectivity index (χ1v) is 8.98. The molecule has 5 aromatic rings. The van der Waals surface area contributed by atoms with Crippen molar-refractivity contribution in [2.24, 2.45) is 0 Å². The Morgan fingerprint density at radius 1 is 0.966 bits per heavy atom. The highest BCUT2D eigenvalue weighted by molar-refractivity contribution is 5.85. The molecule has 0 aliphatic heterocycles. The van der Waals surface area contributed by atoms with Crippen molar-refractivity contribution in [3.8, 4) is 0 Å². The van der Waals surface area contributed by atoms with Crippen LogP contribution in [-0.2, 0) is 0 Å². The van der Waals surface area contributed by atoms with Crippen molar-refractivity contribution in [1.29, 1.82) is 0 Å². The molecule has 0 radical (unpaired) electrons. The molecule has 0 aliphatic rings. The summed E-state index contributed by atoms with van der Waals surface area (Å²) in [6.45, 7) is 1.92. The molecule has 3 heterocycles. The predicted molar refractivity (Wildman–Crippen MR) is 112 cm³/mol. The van der Waals surface area contributed by atoms with E-state index in [1.54, 1.807) is 24.5 Å². The Morgan fingerprint density at radius 2 is 1.83 bits per heavy atom. The summed E-state index contributed by atoms with van der Waals surface area (Å²) in [6, 6.07) is 13.3. The molecule has 3 N–H and O–H groups in total. The van der Waals surface area contributed by atoms with Gasteiger partial charge in [-0.1, -0.05) is 6.07 Å². The molecular formula is C21H16N6O2. The van der Waals surface area contributed by atoms with Crippen molar-refractivity contribution in [3.05, 3.63) is 77.2 Å². The van der Waals surface area contributed by atoms with E-state index in [9.17, 15) is 4.79 Å². The number of aryl methyl sites for hydroxylation is 1. The molecule has 0 atom stereocenters. The zero-order chi connectivity index (χ0) is 19.8. The van der Waals surface area contributed by atoms with Gasteiger partial charge in [-0.15, -0.1) is 0 Å². The first-order chi connectivity index (χ1) is 14.1. The number of aromatic amines is 1. The third kappa shape index (κ3) is 3.39. The largest absolute Gasteiger partial charge is 0.417 e. The lowest BCUT2D eigenvalue weighted by Crippen LogP contribution is -2.02. The standard InChI is InChI=1S/C21H16N6O2/c1-12-10-23-20(25-15-3-2-14-11-22-7-6-13(14)8-15)27-19(12)24-16-4-5-18-17(9-16)26-21(28)29-18/h2-11H,1H3,(H,26,28)(H2,23,24,25,27). The second kappa shape index (κ2) is 6.75. The lowest BCUT2D eigenvalue weighted by atomic mass is 10.1. The van der Waals surface area contributed by atoms with E-state index in [1.807, 2.05) is 43.5 Å². The number of nitrogens with one attached hydrogen (secondary N) is 3. The average Bonchev–Trinajstić information content (AvgIpc) is 3.10. The Bertz CT molecular complexity index is 1410. The van der Waals surface area contributed by atoms with E-state index in [0.29, 0.717) is 22.9 Å². The number of hydrogen-bond donors (Lipinski definition) is 3. The Morgan fingerprint density at radius 3 is 2.76 bits per heavy atom. The van der Waals surface area contributed by atoms with Crippen LogP contribution in [0.5, 0.6) is 0 Å². The van der Waals surface area contributed by atoms with Crippen molar-refractivity contribution < 1.29 is 4.42 Å². The van der Waals surface area contributed by atoms with Gasteiger partial charge in [-0.05, 0) is 48.7 Å². The summed E-state index contributed by atoms with van der Waals surface area (Å²) < 4.78 is 5.03. The van der Waals surface area contributed by atoms with E-state index in [2.05, 4.69) is 30.6 Å². The molecule has 2 aromatic carbocycles. The van der Waals surface area contributed by atoms with Crippen molar-refractivity contribution in [2.45, 2.75) is 6.92 Å². The minimum Gasteiger partial charge on any atom is -0.408 e. The van der Waals surface area contributed by atoms with E-state index in [4.69, 9.17) is 4.42 Å². The number of nitrogens with zero attached hydrogens (tertiary/aromatic N) is 3. The molecule has 0 unspecified atom stereocenters. The number of rotatable bonds is 4. The second-order valence-electron chi connectivity index (χ2n) is 6.64. The quantitative estimate of drug-likeness (QED) is 0.425. The van der Waals surface area contributed by atoms with Crippen LogP contribution >= 0.6 is 0 Å². The van der Waals surface area contributed by atoms with E-state index >= 15 is 0 Å². The van der Waals surface area contributed by atoms with Crippen LogP contribution in [0.4, 0.5) is 23.1 Å². The smallest absolute Gasteiger partial charge is 0.408 e. The fraction of sp³-hybridized carbons (Fsp3) is 0.0476. The van der Waals surface area contributed by atoms with Gasteiger partial charge in [0.1, 0.15) is 5.82 Å². The molecule has 3 aromatic heterocycles. The van der Waals surface area contributed by atoms with Gasteiger partial charge >= 0.3 is 5.76 Å². The van der Waals surface area contributed by atoms with Crippen LogP contribution in [-0.4, -0.2) is 19.9 Å². The second-order valence-corrected chi connectivity index (χ2v) is 6.64. The van der Waals surface area contributed by atoms with Gasteiger partial charge in [0.15, 0.2) is 5.58 Å². The van der Waals surface area contributed by atoms with Gasteiger partial charge in [0.25, 0.3) is 0 Å². The van der Waals surface area contributed by atoms with Gasteiger partial charge in [-0.25, -0.2) is 9.78 Å². The van der Waals surface area contributed by atoms with Crippen LogP contribution < -0.4 is 16.4 Å². The molecule has 8 heteroatoms. The van der Waals surface area contributed by atoms with E-state index in [-0.39, 0.29) is 0 Å². The van der Waals surface area contributed by atoms with Crippen LogP contribution in [0.2, 0.25) is 0 Å². The zero-order valence-corrected chi connectivity index (χ0v) is 15.4. The van der Waals surface area contributed by atoms with Crippen molar-refractivity contribution in [2.75, 3.05) is 10.6 Å². The van der Waals surface area contributed by atoms with Gasteiger partial charge in [0.05, 0.1) is 5.52 Å². The van der Waals surface area contributed by atoms with Crippen molar-refractivity contribution >= 4 is 45.0 Å². The molecule has 8 nitrogen and oxygen atoms in total. The molecule has 142 valence electrons. The molecule has 5 rings (SSSR count). The highest BCUT2D eigenvalue weighted by Gasteiger charge is 2.08. The third-order valence-electron chi connectivity index (χ3n) is 4.55. The van der Waals surface area contributed by atoms with Gasteiger partial charge < -0.3 is 15.1 Å². The monoisotopic (exact) mass is 384 g/mol. The number of hydrogen-bond acceptors (Lipinski definition) is 7. The number of H-pyrrole nitrogens is 1. The summed E-state index contributed by atoms with van der Waals surface area (Å²) in [6.07, 6.45) is 5.34. The first kappa shape index (κ1) is 16.9. The van der Waals surface area contributed by atoms with Crippen LogP contribution in [0.3, 0.4) is 0 Å². The molecule has 0 fully saturated rings. The molecule has 0 saturated heterocycles. The summed E-state index contributed by atoms with van der Waals surface area (Å²) >= 11 is 0. The maximum absolute atomic E-state index is 11.3. The summed E-state index contributed by atoms with van der Waals surface area (Å²) in [7, 11) is 0. The molecule has 0 bridgehead atoms. The lowest BCUT2D eigenvalue weighted by molar-refractivity contribution is 0.555. The van der Waals surface area contributed by atoms with Crippen molar-refractivity contribution in [1.82, 2.24) is 19.9 Å². The SMILES string of the molecule is Cc1cnc(Nc2ccc3cnccc3c2)nc1Nc1ccc2oc(=O)[nH]c2c1. The molecule has 0 amide bonds. The Labute approximate surface area is 164 Å². The lowest BCUT2D eigenvalue weighted by Gasteiger charge is -2.11. The Balaban J connectivity index is 1.43. The average molecular weight is 384 g/mol. The summed E-state index contributed by atoms with van der Waals surface area (Å²) in [5.74, 6) is 0.662. The van der Waals surface area contributed by atoms with Crippen molar-refractivity contribution in [3.63, 3.8) is 0 Å². The molecular weight excluding hydrogens is 368 g/mol. The molecule has 0 saturated carbocycles. The number of oxazole rings is 1. The number of fused-ring (bicyclic) bond motifs is 2.